The lowest BCUT2D eigenvalue weighted by molar-refractivity contribution is 0.159. The van der Waals surface area contributed by atoms with Crippen LogP contribution in [-0.2, 0) is 4.74 Å². The maximum atomic E-state index is 10.4. The first-order chi connectivity index (χ1) is 4.81. The van der Waals surface area contributed by atoms with Crippen LogP contribution in [0.2, 0.25) is 0 Å². The number of carbonyl (C=O) groups is 1. The van der Waals surface area contributed by atoms with E-state index < -0.39 is 6.09 Å². The first-order valence-electron chi connectivity index (χ1n) is 2.69. The van der Waals surface area contributed by atoms with Crippen LogP contribution >= 0.6 is 0 Å². The van der Waals surface area contributed by atoms with Gasteiger partial charge in [0.15, 0.2) is 0 Å². The molecule has 0 aromatic carbocycles. The molecule has 1 amide bonds. The SMILES string of the molecule is C=CCOC(=O)NCC#N. The second kappa shape index (κ2) is 5.63. The maximum Gasteiger partial charge on any atom is 0.408 e. The molecule has 0 saturated heterocycles. The molecule has 4 heteroatoms. The first kappa shape index (κ1) is 8.50. The Bertz CT molecular complexity index is 160. The molecule has 0 aromatic rings. The van der Waals surface area contributed by atoms with Crippen LogP contribution in [0.25, 0.3) is 0 Å². The second-order valence-electron chi connectivity index (χ2n) is 1.40. The lowest BCUT2D eigenvalue weighted by atomic mass is 10.7. The molecule has 0 unspecified atom stereocenters. The van der Waals surface area contributed by atoms with Crippen molar-refractivity contribution in [1.29, 1.82) is 5.26 Å². The molecule has 0 heterocycles. The Kier molecular flexibility index (Phi) is 4.79. The molecular weight excluding hydrogens is 132 g/mol. The van der Waals surface area contributed by atoms with Gasteiger partial charge in [-0.15, -0.1) is 0 Å². The minimum Gasteiger partial charge on any atom is -0.445 e. The van der Waals surface area contributed by atoms with Gasteiger partial charge in [-0.05, 0) is 0 Å². The molecule has 0 fully saturated rings. The molecule has 0 radical (unpaired) electrons. The van der Waals surface area contributed by atoms with Gasteiger partial charge >= 0.3 is 6.09 Å². The number of amides is 1. The van der Waals surface area contributed by atoms with E-state index in [2.05, 4.69) is 16.6 Å². The van der Waals surface area contributed by atoms with E-state index in [-0.39, 0.29) is 13.2 Å². The Labute approximate surface area is 59.1 Å². The lowest BCUT2D eigenvalue weighted by Gasteiger charge is -1.98. The monoisotopic (exact) mass is 140 g/mol. The third-order valence-electron chi connectivity index (χ3n) is 0.644. The molecule has 54 valence electrons. The normalized spacial score (nSPS) is 7.50. The number of alkyl carbamates (subject to hydrolysis) is 1. The standard InChI is InChI=1S/C6H8N2O2/c1-2-5-10-6(9)8-4-3-7/h2H,1,4-5H2,(H,8,9). The van der Waals surface area contributed by atoms with Crippen molar-refractivity contribution in [2.24, 2.45) is 0 Å². The average molecular weight is 140 g/mol. The summed E-state index contributed by atoms with van der Waals surface area (Å²) in [5.74, 6) is 0. The second-order valence-corrected chi connectivity index (χ2v) is 1.40. The fourth-order valence-electron chi connectivity index (χ4n) is 0.297. The highest BCUT2D eigenvalue weighted by Crippen LogP contribution is 1.75. The molecule has 0 spiro atoms. The van der Waals surface area contributed by atoms with E-state index in [0.717, 1.165) is 0 Å². The quantitative estimate of drug-likeness (QED) is 0.456. The average Bonchev–Trinajstić information content (AvgIpc) is 1.97. The Morgan fingerprint density at radius 1 is 1.90 bits per heavy atom. The smallest absolute Gasteiger partial charge is 0.408 e. The zero-order valence-corrected chi connectivity index (χ0v) is 5.46. The van der Waals surface area contributed by atoms with E-state index in [1.807, 2.05) is 0 Å². The summed E-state index contributed by atoms with van der Waals surface area (Å²) in [7, 11) is 0. The summed E-state index contributed by atoms with van der Waals surface area (Å²) in [5.41, 5.74) is 0. The van der Waals surface area contributed by atoms with Crippen molar-refractivity contribution in [3.8, 4) is 6.07 Å². The Morgan fingerprint density at radius 3 is 3.10 bits per heavy atom. The molecule has 0 rings (SSSR count). The van der Waals surface area contributed by atoms with Crippen LogP contribution in [0.5, 0.6) is 0 Å². The Balaban J connectivity index is 3.27. The zero-order chi connectivity index (χ0) is 7.82. The van der Waals surface area contributed by atoms with Crippen LogP contribution in [0.1, 0.15) is 0 Å². The lowest BCUT2D eigenvalue weighted by Crippen LogP contribution is -2.24. The number of hydrogen-bond donors (Lipinski definition) is 1. The summed E-state index contributed by atoms with van der Waals surface area (Å²) in [6.07, 6.45) is 0.854. The maximum absolute atomic E-state index is 10.4. The van der Waals surface area contributed by atoms with Gasteiger partial charge in [-0.2, -0.15) is 5.26 Å². The number of hydrogen-bond acceptors (Lipinski definition) is 3. The number of nitrogens with one attached hydrogen (secondary N) is 1. The van der Waals surface area contributed by atoms with Crippen molar-refractivity contribution >= 4 is 6.09 Å². The van der Waals surface area contributed by atoms with Gasteiger partial charge in [0, 0.05) is 0 Å². The highest BCUT2D eigenvalue weighted by atomic mass is 16.5. The number of nitrogens with zero attached hydrogens (tertiary/aromatic N) is 1. The molecule has 0 aliphatic carbocycles. The zero-order valence-electron chi connectivity index (χ0n) is 5.46. The summed E-state index contributed by atoms with van der Waals surface area (Å²) in [6, 6.07) is 1.74. The third-order valence-corrected chi connectivity index (χ3v) is 0.644. The highest BCUT2D eigenvalue weighted by Gasteiger charge is 1.95. The minimum absolute atomic E-state index is 0.0318. The summed E-state index contributed by atoms with van der Waals surface area (Å²) in [6.45, 7) is 3.48. The van der Waals surface area contributed by atoms with Crippen LogP contribution in [0.3, 0.4) is 0 Å². The van der Waals surface area contributed by atoms with Gasteiger partial charge in [0.2, 0.25) is 0 Å². The van der Waals surface area contributed by atoms with Crippen molar-refractivity contribution in [1.82, 2.24) is 5.32 Å². The number of nitriles is 1. The van der Waals surface area contributed by atoms with Crippen LogP contribution < -0.4 is 5.32 Å². The van der Waals surface area contributed by atoms with Crippen LogP contribution in [0.4, 0.5) is 4.79 Å². The van der Waals surface area contributed by atoms with Crippen molar-refractivity contribution in [3.63, 3.8) is 0 Å². The molecule has 4 nitrogen and oxygen atoms in total. The predicted octanol–water partition coefficient (Wildman–Crippen LogP) is 0.422. The molecule has 0 aliphatic heterocycles. The summed E-state index contributed by atoms with van der Waals surface area (Å²) >= 11 is 0. The topological polar surface area (TPSA) is 62.1 Å². The Morgan fingerprint density at radius 2 is 2.60 bits per heavy atom. The number of rotatable bonds is 3. The van der Waals surface area contributed by atoms with Gasteiger partial charge in [0.1, 0.15) is 13.2 Å². The number of carbonyl (C=O) groups excluding carboxylic acids is 1. The molecule has 0 bridgehead atoms. The molecule has 1 N–H and O–H groups in total. The van der Waals surface area contributed by atoms with Gasteiger partial charge in [-0.25, -0.2) is 4.79 Å². The highest BCUT2D eigenvalue weighted by molar-refractivity contribution is 5.67. The fourth-order valence-corrected chi connectivity index (χ4v) is 0.297. The van der Waals surface area contributed by atoms with E-state index in [1.54, 1.807) is 6.07 Å². The fraction of sp³-hybridized carbons (Fsp3) is 0.333. The largest absolute Gasteiger partial charge is 0.445 e. The van der Waals surface area contributed by atoms with E-state index in [1.165, 1.54) is 6.08 Å². The molecule has 0 aromatic heterocycles. The van der Waals surface area contributed by atoms with Gasteiger partial charge in [-0.1, -0.05) is 12.7 Å². The third kappa shape index (κ3) is 4.65. The van der Waals surface area contributed by atoms with Crippen LogP contribution in [0.15, 0.2) is 12.7 Å². The predicted molar refractivity (Wildman–Crippen MR) is 35.2 cm³/mol. The van der Waals surface area contributed by atoms with Gasteiger partial charge in [0.05, 0.1) is 6.07 Å². The molecule has 0 aliphatic rings. The van der Waals surface area contributed by atoms with Crippen molar-refractivity contribution in [3.05, 3.63) is 12.7 Å². The summed E-state index contributed by atoms with van der Waals surface area (Å²) in [5, 5.41) is 10.2. The van der Waals surface area contributed by atoms with Crippen LogP contribution in [0, 0.1) is 11.3 Å². The van der Waals surface area contributed by atoms with Gasteiger partial charge in [0.25, 0.3) is 0 Å². The molecule has 0 saturated carbocycles. The van der Waals surface area contributed by atoms with E-state index in [9.17, 15) is 4.79 Å². The first-order valence-corrected chi connectivity index (χ1v) is 2.69. The van der Waals surface area contributed by atoms with E-state index >= 15 is 0 Å². The van der Waals surface area contributed by atoms with Gasteiger partial charge in [-0.3, -0.25) is 0 Å². The van der Waals surface area contributed by atoms with Gasteiger partial charge < -0.3 is 10.1 Å². The molecule has 0 atom stereocenters. The van der Waals surface area contributed by atoms with Crippen molar-refractivity contribution < 1.29 is 9.53 Å². The molecule has 10 heavy (non-hydrogen) atoms. The summed E-state index contributed by atoms with van der Waals surface area (Å²) in [4.78, 5) is 10.4. The van der Waals surface area contributed by atoms with Crippen LogP contribution in [-0.4, -0.2) is 19.2 Å². The summed E-state index contributed by atoms with van der Waals surface area (Å²) < 4.78 is 4.47. The Hall–Kier alpha value is -1.50. The van der Waals surface area contributed by atoms with Crippen molar-refractivity contribution in [2.75, 3.05) is 13.2 Å². The number of ether oxygens (including phenoxy) is 1. The van der Waals surface area contributed by atoms with E-state index in [0.29, 0.717) is 0 Å². The van der Waals surface area contributed by atoms with Crippen molar-refractivity contribution in [2.45, 2.75) is 0 Å². The molecular formula is C6H8N2O2. The minimum atomic E-state index is -0.596. The van der Waals surface area contributed by atoms with E-state index in [4.69, 9.17) is 5.26 Å².